The molecular formula is C23H25NO6. The van der Waals surface area contributed by atoms with E-state index in [1.54, 1.807) is 6.26 Å². The van der Waals surface area contributed by atoms with Crippen molar-refractivity contribution in [2.45, 2.75) is 58.9 Å². The summed E-state index contributed by atoms with van der Waals surface area (Å²) < 4.78 is 11.2. The standard InChI is InChI=1S/C23H25NO6/c1-12-11-29-20-14(3)21-17(10-16(12)20)13(2)15(23(28)30-21)7-8-19(25)24-9-5-4-6-18(24)22(26)27/h10-11,18H,4-9H2,1-3H3,(H,26,27)/t18-/m0/s1. The predicted molar refractivity (Wildman–Crippen MR) is 112 cm³/mol. The van der Waals surface area contributed by atoms with Crippen LogP contribution in [0.15, 0.2) is 26.0 Å². The van der Waals surface area contributed by atoms with Gasteiger partial charge in [-0.05, 0) is 63.6 Å². The van der Waals surface area contributed by atoms with Crippen molar-refractivity contribution < 1.29 is 23.5 Å². The zero-order chi connectivity index (χ0) is 21.6. The predicted octanol–water partition coefficient (Wildman–Crippen LogP) is 3.86. The van der Waals surface area contributed by atoms with Crippen LogP contribution >= 0.6 is 0 Å². The molecule has 2 aromatic heterocycles. The number of aryl methyl sites for hydroxylation is 3. The van der Waals surface area contributed by atoms with Crippen LogP contribution in [0, 0.1) is 20.8 Å². The lowest BCUT2D eigenvalue weighted by molar-refractivity contribution is -0.152. The van der Waals surface area contributed by atoms with Gasteiger partial charge in [-0.2, -0.15) is 0 Å². The highest BCUT2D eigenvalue weighted by atomic mass is 16.4. The number of nitrogens with zero attached hydrogens (tertiary/aromatic N) is 1. The van der Waals surface area contributed by atoms with E-state index in [0.29, 0.717) is 29.7 Å². The molecular weight excluding hydrogens is 386 g/mol. The molecule has 0 saturated carbocycles. The Hall–Kier alpha value is -3.09. The lowest BCUT2D eigenvalue weighted by Gasteiger charge is -2.33. The number of carbonyl (C=O) groups is 2. The Bertz CT molecular complexity index is 1220. The number of aliphatic carboxylic acids is 1. The molecule has 0 spiro atoms. The fraction of sp³-hybridized carbons (Fsp3) is 0.435. The summed E-state index contributed by atoms with van der Waals surface area (Å²) in [4.78, 5) is 38.3. The average molecular weight is 411 g/mol. The maximum atomic E-state index is 12.7. The smallest absolute Gasteiger partial charge is 0.339 e. The fourth-order valence-electron chi connectivity index (χ4n) is 4.47. The van der Waals surface area contributed by atoms with Crippen LogP contribution in [0.1, 0.15) is 47.9 Å². The van der Waals surface area contributed by atoms with Crippen LogP contribution in [0.3, 0.4) is 0 Å². The van der Waals surface area contributed by atoms with Crippen molar-refractivity contribution in [3.8, 4) is 0 Å². The molecule has 1 aliphatic heterocycles. The van der Waals surface area contributed by atoms with Crippen molar-refractivity contribution in [1.29, 1.82) is 0 Å². The topological polar surface area (TPSA) is 101 Å². The molecule has 4 rings (SSSR count). The molecule has 1 N–H and O–H groups in total. The van der Waals surface area contributed by atoms with Crippen molar-refractivity contribution >= 4 is 33.8 Å². The number of likely N-dealkylation sites (tertiary alicyclic amines) is 1. The third-order valence-electron chi connectivity index (χ3n) is 6.23. The van der Waals surface area contributed by atoms with Gasteiger partial charge in [-0.3, -0.25) is 4.79 Å². The summed E-state index contributed by atoms with van der Waals surface area (Å²) in [6.45, 7) is 6.13. The van der Waals surface area contributed by atoms with Crippen LogP contribution in [0.5, 0.6) is 0 Å². The Balaban J connectivity index is 1.67. The van der Waals surface area contributed by atoms with E-state index in [-0.39, 0.29) is 18.7 Å². The van der Waals surface area contributed by atoms with E-state index in [1.165, 1.54) is 4.90 Å². The van der Waals surface area contributed by atoms with Crippen LogP contribution in [0.25, 0.3) is 21.9 Å². The van der Waals surface area contributed by atoms with Crippen molar-refractivity contribution in [2.75, 3.05) is 6.54 Å². The second-order valence-corrected chi connectivity index (χ2v) is 8.10. The van der Waals surface area contributed by atoms with Gasteiger partial charge in [0, 0.05) is 34.9 Å². The number of piperidine rings is 1. The number of hydrogen-bond acceptors (Lipinski definition) is 5. The van der Waals surface area contributed by atoms with Gasteiger partial charge in [0.25, 0.3) is 0 Å². The Labute approximate surface area is 173 Å². The summed E-state index contributed by atoms with van der Waals surface area (Å²) in [5.74, 6) is -1.21. The number of amides is 1. The van der Waals surface area contributed by atoms with Crippen molar-refractivity contribution in [3.63, 3.8) is 0 Å². The second kappa shape index (κ2) is 7.63. The Morgan fingerprint density at radius 2 is 1.90 bits per heavy atom. The highest BCUT2D eigenvalue weighted by Gasteiger charge is 2.31. The zero-order valence-corrected chi connectivity index (χ0v) is 17.4. The SMILES string of the molecule is Cc1coc2c(C)c3oc(=O)c(CCC(=O)N4CCCC[C@H]4C(=O)O)c(C)c3cc12. The van der Waals surface area contributed by atoms with Gasteiger partial charge >= 0.3 is 11.6 Å². The first kappa shape index (κ1) is 20.2. The molecule has 1 amide bonds. The van der Waals surface area contributed by atoms with E-state index in [0.717, 1.165) is 40.3 Å². The minimum absolute atomic E-state index is 0.0762. The van der Waals surface area contributed by atoms with Gasteiger partial charge in [-0.15, -0.1) is 0 Å². The minimum Gasteiger partial charge on any atom is -0.480 e. The first-order valence-corrected chi connectivity index (χ1v) is 10.3. The Morgan fingerprint density at radius 1 is 1.13 bits per heavy atom. The maximum Gasteiger partial charge on any atom is 0.339 e. The highest BCUT2D eigenvalue weighted by Crippen LogP contribution is 2.32. The van der Waals surface area contributed by atoms with Crippen LogP contribution in [-0.2, 0) is 16.0 Å². The molecule has 0 unspecified atom stereocenters. The van der Waals surface area contributed by atoms with E-state index in [4.69, 9.17) is 8.83 Å². The van der Waals surface area contributed by atoms with Crippen molar-refractivity contribution in [3.05, 3.63) is 45.0 Å². The van der Waals surface area contributed by atoms with Crippen LogP contribution in [-0.4, -0.2) is 34.5 Å². The molecule has 1 atom stereocenters. The van der Waals surface area contributed by atoms with Crippen LogP contribution < -0.4 is 5.63 Å². The first-order chi connectivity index (χ1) is 14.3. The largest absolute Gasteiger partial charge is 0.480 e. The van der Waals surface area contributed by atoms with E-state index in [9.17, 15) is 19.5 Å². The summed E-state index contributed by atoms with van der Waals surface area (Å²) in [6.07, 6.45) is 4.04. The highest BCUT2D eigenvalue weighted by molar-refractivity contribution is 5.99. The quantitative estimate of drug-likeness (QED) is 0.654. The number of furan rings is 1. The molecule has 7 nitrogen and oxygen atoms in total. The van der Waals surface area contributed by atoms with Gasteiger partial charge in [-0.25, -0.2) is 9.59 Å². The Kier molecular flexibility index (Phi) is 5.13. The molecule has 1 saturated heterocycles. The van der Waals surface area contributed by atoms with Gasteiger partial charge in [0.05, 0.1) is 6.26 Å². The van der Waals surface area contributed by atoms with Crippen molar-refractivity contribution in [2.24, 2.45) is 0 Å². The molecule has 3 heterocycles. The summed E-state index contributed by atoms with van der Waals surface area (Å²) in [5.41, 5.74) is 3.75. The lowest BCUT2D eigenvalue weighted by Crippen LogP contribution is -2.48. The number of carboxylic acid groups (broad SMARTS) is 1. The summed E-state index contributed by atoms with van der Waals surface area (Å²) in [6, 6.07) is 1.19. The molecule has 158 valence electrons. The molecule has 30 heavy (non-hydrogen) atoms. The van der Waals surface area contributed by atoms with E-state index < -0.39 is 17.6 Å². The number of carboxylic acids is 1. The van der Waals surface area contributed by atoms with Gasteiger partial charge in [0.1, 0.15) is 17.2 Å². The molecule has 3 aromatic rings. The number of carbonyl (C=O) groups excluding carboxylic acids is 1. The molecule has 7 heteroatoms. The fourth-order valence-corrected chi connectivity index (χ4v) is 4.47. The Morgan fingerprint density at radius 3 is 2.63 bits per heavy atom. The lowest BCUT2D eigenvalue weighted by atomic mass is 9.97. The van der Waals surface area contributed by atoms with Crippen LogP contribution in [0.4, 0.5) is 0 Å². The van der Waals surface area contributed by atoms with Gasteiger partial charge in [0.2, 0.25) is 5.91 Å². The molecule has 1 fully saturated rings. The third kappa shape index (κ3) is 3.28. The van der Waals surface area contributed by atoms with Gasteiger partial charge in [-0.1, -0.05) is 0 Å². The van der Waals surface area contributed by atoms with Gasteiger partial charge < -0.3 is 18.8 Å². The van der Waals surface area contributed by atoms with E-state index in [2.05, 4.69) is 0 Å². The molecule has 1 aliphatic rings. The summed E-state index contributed by atoms with van der Waals surface area (Å²) in [7, 11) is 0. The minimum atomic E-state index is -0.973. The van der Waals surface area contributed by atoms with E-state index >= 15 is 0 Å². The normalized spacial score (nSPS) is 17.0. The number of benzene rings is 1. The van der Waals surface area contributed by atoms with Gasteiger partial charge in [0.15, 0.2) is 0 Å². The second-order valence-electron chi connectivity index (χ2n) is 8.10. The molecule has 0 bridgehead atoms. The summed E-state index contributed by atoms with van der Waals surface area (Å²) in [5, 5.41) is 11.2. The maximum absolute atomic E-state index is 12.7. The third-order valence-corrected chi connectivity index (χ3v) is 6.23. The van der Waals surface area contributed by atoms with Crippen LogP contribution in [0.2, 0.25) is 0 Å². The summed E-state index contributed by atoms with van der Waals surface area (Å²) >= 11 is 0. The zero-order valence-electron chi connectivity index (χ0n) is 17.4. The van der Waals surface area contributed by atoms with Crippen molar-refractivity contribution in [1.82, 2.24) is 4.90 Å². The monoisotopic (exact) mass is 411 g/mol. The number of hydrogen-bond donors (Lipinski definition) is 1. The van der Waals surface area contributed by atoms with E-state index in [1.807, 2.05) is 26.8 Å². The average Bonchev–Trinajstić information content (AvgIpc) is 3.09. The first-order valence-electron chi connectivity index (χ1n) is 10.3. The molecule has 1 aromatic carbocycles. The number of rotatable bonds is 4. The number of fused-ring (bicyclic) bond motifs is 2. The molecule has 0 radical (unpaired) electrons. The molecule has 0 aliphatic carbocycles.